The molecule has 0 radical (unpaired) electrons. The summed E-state index contributed by atoms with van der Waals surface area (Å²) in [5, 5.41) is 0. The lowest BCUT2D eigenvalue weighted by Gasteiger charge is -2.62. The first-order valence-corrected chi connectivity index (χ1v) is 12.6. The number of Topliss-reactive ketones (excluding diaryl/α,β-unsaturated/α-hetero) is 1. The van der Waals surface area contributed by atoms with Crippen LogP contribution in [-0.4, -0.2) is 24.8 Å². The van der Waals surface area contributed by atoms with Crippen LogP contribution in [0.3, 0.4) is 0 Å². The number of carbonyl (C=O) groups excluding carboxylic acids is 1. The molecule has 0 aromatic carbocycles. The fraction of sp³-hybridized carbons (Fsp3) is 0.962. The maximum Gasteiger partial charge on any atom is 0.173 e. The molecule has 0 amide bonds. The third-order valence-electron chi connectivity index (χ3n) is 11.2. The lowest BCUT2D eigenvalue weighted by molar-refractivity contribution is -0.352. The average molecular weight is 403 g/mol. The van der Waals surface area contributed by atoms with Crippen LogP contribution in [0.2, 0.25) is 0 Å². The number of ketones is 1. The van der Waals surface area contributed by atoms with Crippen LogP contribution in [0.5, 0.6) is 0 Å². The van der Waals surface area contributed by atoms with E-state index in [9.17, 15) is 4.79 Å². The van der Waals surface area contributed by atoms with Gasteiger partial charge in [-0.15, -0.1) is 0 Å². The Bertz CT molecular complexity index is 657. The van der Waals surface area contributed by atoms with E-state index in [0.717, 1.165) is 69.5 Å². The Kier molecular flexibility index (Phi) is 4.80. The van der Waals surface area contributed by atoms with Crippen LogP contribution in [0.15, 0.2) is 0 Å². The molecule has 164 valence electrons. The van der Waals surface area contributed by atoms with Gasteiger partial charge in [0.25, 0.3) is 0 Å². The van der Waals surface area contributed by atoms with Gasteiger partial charge in [-0.1, -0.05) is 27.7 Å². The summed E-state index contributed by atoms with van der Waals surface area (Å²) < 4.78 is 13.5. The van der Waals surface area contributed by atoms with Crippen molar-refractivity contribution in [1.29, 1.82) is 0 Å². The highest BCUT2D eigenvalue weighted by Gasteiger charge is 2.67. The molecule has 5 rings (SSSR count). The number of carbonyl (C=O) groups is 1. The summed E-state index contributed by atoms with van der Waals surface area (Å²) >= 11 is 0. The molecule has 3 heteroatoms. The van der Waals surface area contributed by atoms with Crippen LogP contribution in [-0.2, 0) is 14.3 Å². The third kappa shape index (κ3) is 2.71. The van der Waals surface area contributed by atoms with E-state index in [1.807, 2.05) is 0 Å². The van der Waals surface area contributed by atoms with Gasteiger partial charge in [-0.3, -0.25) is 4.79 Å². The first kappa shape index (κ1) is 20.5. The van der Waals surface area contributed by atoms with E-state index >= 15 is 0 Å². The smallest absolute Gasteiger partial charge is 0.173 e. The van der Waals surface area contributed by atoms with Crippen molar-refractivity contribution in [1.82, 2.24) is 0 Å². The molecule has 1 heterocycles. The molecule has 4 saturated carbocycles. The van der Waals surface area contributed by atoms with E-state index in [1.54, 1.807) is 0 Å². The highest BCUT2D eigenvalue weighted by atomic mass is 16.7. The van der Waals surface area contributed by atoms with Crippen molar-refractivity contribution >= 4 is 5.78 Å². The monoisotopic (exact) mass is 402 g/mol. The quantitative estimate of drug-likeness (QED) is 0.556. The molecule has 0 aromatic rings. The molecule has 1 aliphatic heterocycles. The zero-order chi connectivity index (χ0) is 20.5. The predicted molar refractivity (Wildman–Crippen MR) is 114 cm³/mol. The SMILES string of the molecule is CCC1(CC)COC2(CCC3C4CCC5CC(=O)CC[C@]5(C)C4CC[C@@]32C)OC1. The molecule has 29 heavy (non-hydrogen) atoms. The normalized spacial score (nSPS) is 48.1. The van der Waals surface area contributed by atoms with Gasteiger partial charge in [0.05, 0.1) is 13.2 Å². The fourth-order valence-corrected chi connectivity index (χ4v) is 8.76. The molecule has 6 atom stereocenters. The molecule has 3 nitrogen and oxygen atoms in total. The van der Waals surface area contributed by atoms with Crippen molar-refractivity contribution in [3.05, 3.63) is 0 Å². The summed E-state index contributed by atoms with van der Waals surface area (Å²) in [5.74, 6) is 3.16. The maximum absolute atomic E-state index is 12.1. The molecule has 0 N–H and O–H groups in total. The largest absolute Gasteiger partial charge is 0.349 e. The minimum Gasteiger partial charge on any atom is -0.349 e. The molecule has 5 aliphatic rings. The van der Waals surface area contributed by atoms with Crippen LogP contribution in [0.25, 0.3) is 0 Å². The summed E-state index contributed by atoms with van der Waals surface area (Å²) in [5.41, 5.74) is 0.772. The highest BCUT2D eigenvalue weighted by molar-refractivity contribution is 5.79. The summed E-state index contributed by atoms with van der Waals surface area (Å²) in [6, 6.07) is 0. The lowest BCUT2D eigenvalue weighted by atomic mass is 9.45. The Morgan fingerprint density at radius 2 is 1.59 bits per heavy atom. The molecular formula is C26H42O3. The molecule has 1 spiro atoms. The van der Waals surface area contributed by atoms with E-state index in [-0.39, 0.29) is 16.6 Å². The zero-order valence-electron chi connectivity index (χ0n) is 19.2. The number of rotatable bonds is 2. The topological polar surface area (TPSA) is 35.5 Å². The Morgan fingerprint density at radius 3 is 2.28 bits per heavy atom. The number of hydrogen-bond donors (Lipinski definition) is 0. The van der Waals surface area contributed by atoms with Crippen molar-refractivity contribution < 1.29 is 14.3 Å². The molecule has 0 bridgehead atoms. The lowest BCUT2D eigenvalue weighted by Crippen LogP contribution is -2.60. The third-order valence-corrected chi connectivity index (χ3v) is 11.2. The van der Waals surface area contributed by atoms with Crippen LogP contribution in [0.1, 0.15) is 98.3 Å². The molecule has 4 unspecified atom stereocenters. The van der Waals surface area contributed by atoms with Gasteiger partial charge in [0.1, 0.15) is 5.78 Å². The van der Waals surface area contributed by atoms with Crippen LogP contribution in [0, 0.1) is 39.9 Å². The number of ether oxygens (including phenoxy) is 2. The van der Waals surface area contributed by atoms with Crippen LogP contribution < -0.4 is 0 Å². The molecule has 0 aromatic heterocycles. The van der Waals surface area contributed by atoms with Gasteiger partial charge in [-0.2, -0.15) is 0 Å². The summed E-state index contributed by atoms with van der Waals surface area (Å²) in [4.78, 5) is 12.1. The Morgan fingerprint density at radius 1 is 0.897 bits per heavy atom. The van der Waals surface area contributed by atoms with Crippen molar-refractivity contribution in [2.75, 3.05) is 13.2 Å². The first-order valence-electron chi connectivity index (χ1n) is 12.6. The van der Waals surface area contributed by atoms with E-state index < -0.39 is 0 Å². The molecular weight excluding hydrogens is 360 g/mol. The summed E-state index contributed by atoms with van der Waals surface area (Å²) in [6.45, 7) is 11.4. The number of hydrogen-bond acceptors (Lipinski definition) is 3. The fourth-order valence-electron chi connectivity index (χ4n) is 8.76. The van der Waals surface area contributed by atoms with Gasteiger partial charge >= 0.3 is 0 Å². The second-order valence-corrected chi connectivity index (χ2v) is 11.9. The molecule has 4 aliphatic carbocycles. The maximum atomic E-state index is 12.1. The van der Waals surface area contributed by atoms with E-state index in [4.69, 9.17) is 9.47 Å². The molecule has 1 saturated heterocycles. The minimum absolute atomic E-state index is 0.162. The molecule has 5 fully saturated rings. The van der Waals surface area contributed by atoms with Crippen molar-refractivity contribution in [2.24, 2.45) is 39.9 Å². The van der Waals surface area contributed by atoms with E-state index in [1.165, 1.54) is 32.1 Å². The zero-order valence-corrected chi connectivity index (χ0v) is 19.2. The van der Waals surface area contributed by atoms with Gasteiger partial charge in [-0.05, 0) is 80.5 Å². The van der Waals surface area contributed by atoms with Gasteiger partial charge in [0, 0.05) is 30.1 Å². The predicted octanol–water partition coefficient (Wildman–Crippen LogP) is 6.15. The van der Waals surface area contributed by atoms with Gasteiger partial charge in [-0.25, -0.2) is 0 Å². The standard InChI is InChI=1S/C26H42O3/c1-5-25(6-2)16-28-26(29-17-25)14-11-22-20-8-7-18-15-19(27)9-12-23(18,3)21(20)10-13-24(22,26)4/h18,20-22H,5-17H2,1-4H3/t18?,20?,21?,22?,23-,24-/m0/s1. The Labute approximate surface area is 177 Å². The second kappa shape index (κ2) is 6.79. The summed E-state index contributed by atoms with van der Waals surface area (Å²) in [7, 11) is 0. The highest BCUT2D eigenvalue weighted by Crippen LogP contribution is 2.69. The van der Waals surface area contributed by atoms with Crippen molar-refractivity contribution in [3.63, 3.8) is 0 Å². The Hall–Kier alpha value is -0.410. The first-order chi connectivity index (χ1) is 13.8. The van der Waals surface area contributed by atoms with Crippen molar-refractivity contribution in [3.8, 4) is 0 Å². The average Bonchev–Trinajstić information content (AvgIpc) is 3.02. The Balaban J connectivity index is 1.39. The van der Waals surface area contributed by atoms with E-state index in [2.05, 4.69) is 27.7 Å². The van der Waals surface area contributed by atoms with Crippen LogP contribution in [0.4, 0.5) is 0 Å². The number of fused-ring (bicyclic) bond motifs is 6. The minimum atomic E-state index is -0.337. The van der Waals surface area contributed by atoms with Crippen molar-refractivity contribution in [2.45, 2.75) is 104 Å². The second-order valence-electron chi connectivity index (χ2n) is 11.9. The summed E-state index contributed by atoms with van der Waals surface area (Å²) in [6.07, 6.45) is 12.6. The van der Waals surface area contributed by atoms with Gasteiger partial charge in [0.15, 0.2) is 5.79 Å². The van der Waals surface area contributed by atoms with Crippen LogP contribution >= 0.6 is 0 Å². The van der Waals surface area contributed by atoms with Gasteiger partial charge in [0.2, 0.25) is 0 Å². The van der Waals surface area contributed by atoms with Gasteiger partial charge < -0.3 is 9.47 Å². The van der Waals surface area contributed by atoms with E-state index in [0.29, 0.717) is 17.1 Å².